The van der Waals surface area contributed by atoms with Crippen molar-refractivity contribution >= 4 is 17.7 Å². The molecule has 1 amide bonds. The molecule has 0 saturated carbocycles. The zero-order chi connectivity index (χ0) is 15.0. The number of fused-ring (bicyclic) bond motifs is 1. The lowest BCUT2D eigenvalue weighted by molar-refractivity contribution is -0.128. The lowest BCUT2D eigenvalue weighted by Crippen LogP contribution is -2.43. The van der Waals surface area contributed by atoms with Crippen molar-refractivity contribution in [1.82, 2.24) is 19.8 Å². The number of nitrogens with one attached hydrogen (secondary N) is 1. The van der Waals surface area contributed by atoms with Gasteiger partial charge in [-0.05, 0) is 12.5 Å². The van der Waals surface area contributed by atoms with Gasteiger partial charge in [0.15, 0.2) is 0 Å². The fourth-order valence-electron chi connectivity index (χ4n) is 2.31. The predicted molar refractivity (Wildman–Crippen MR) is 81.6 cm³/mol. The van der Waals surface area contributed by atoms with Crippen LogP contribution in [0.1, 0.15) is 17.4 Å². The van der Waals surface area contributed by atoms with Crippen LogP contribution in [0.4, 0.5) is 0 Å². The highest BCUT2D eigenvalue weighted by atomic mass is 32.2. The number of aryl methyl sites for hydroxylation is 1. The highest BCUT2D eigenvalue weighted by Crippen LogP contribution is 2.37. The zero-order valence-electron chi connectivity index (χ0n) is 12.1. The average Bonchev–Trinajstić information content (AvgIpc) is 2.87. The molecule has 2 unspecified atom stereocenters. The van der Waals surface area contributed by atoms with Crippen molar-refractivity contribution < 1.29 is 4.79 Å². The maximum absolute atomic E-state index is 12.5. The largest absolute Gasteiger partial charge is 0.348 e. The number of carbonyl (C=O) groups excluding carboxylic acids is 1. The third kappa shape index (κ3) is 2.49. The number of nitrogens with zero attached hydrogens (tertiary/aromatic N) is 4. The number of benzene rings is 1. The van der Waals surface area contributed by atoms with Gasteiger partial charge in [0.05, 0.1) is 6.04 Å². The first-order valence-electron chi connectivity index (χ1n) is 6.69. The maximum Gasteiger partial charge on any atom is 0.238 e. The topological polar surface area (TPSA) is 63.1 Å². The Kier molecular flexibility index (Phi) is 3.59. The minimum Gasteiger partial charge on any atom is -0.348 e. The Hall–Kier alpha value is -2.02. The van der Waals surface area contributed by atoms with Crippen LogP contribution in [0, 0.1) is 6.92 Å². The Balaban J connectivity index is 2.02. The fourth-order valence-corrected chi connectivity index (χ4v) is 3.58. The molecule has 0 aliphatic carbocycles. The molecule has 6 nitrogen and oxygen atoms in total. The van der Waals surface area contributed by atoms with Gasteiger partial charge in [0, 0.05) is 14.1 Å². The van der Waals surface area contributed by atoms with Crippen molar-refractivity contribution in [2.24, 2.45) is 0 Å². The molecular formula is C14H17N5OS. The summed E-state index contributed by atoms with van der Waals surface area (Å²) in [6, 6.07) is 9.87. The van der Waals surface area contributed by atoms with E-state index in [9.17, 15) is 4.79 Å². The Bertz CT molecular complexity index is 655. The van der Waals surface area contributed by atoms with E-state index in [-0.39, 0.29) is 17.2 Å². The van der Waals surface area contributed by atoms with Crippen LogP contribution in [0.15, 0.2) is 35.5 Å². The molecule has 1 aliphatic rings. The van der Waals surface area contributed by atoms with E-state index in [1.54, 1.807) is 19.0 Å². The summed E-state index contributed by atoms with van der Waals surface area (Å²) in [5.74, 6) is 0.849. The number of thioether (sulfide) groups is 1. The van der Waals surface area contributed by atoms with Crippen LogP contribution in [0.2, 0.25) is 0 Å². The Morgan fingerprint density at radius 1 is 1.29 bits per heavy atom. The average molecular weight is 303 g/mol. The quantitative estimate of drug-likeness (QED) is 0.909. The smallest absolute Gasteiger partial charge is 0.238 e. The van der Waals surface area contributed by atoms with Gasteiger partial charge in [-0.2, -0.15) is 0 Å². The molecule has 1 aliphatic heterocycles. The highest BCUT2D eigenvalue weighted by Gasteiger charge is 2.37. The summed E-state index contributed by atoms with van der Waals surface area (Å²) in [6.45, 7) is 1.89. The van der Waals surface area contributed by atoms with Gasteiger partial charge < -0.3 is 10.3 Å². The molecule has 110 valence electrons. The van der Waals surface area contributed by atoms with E-state index in [1.807, 2.05) is 41.9 Å². The minimum absolute atomic E-state index is 0.0632. The van der Waals surface area contributed by atoms with Gasteiger partial charge >= 0.3 is 0 Å². The number of rotatable bonds is 2. The second-order valence-electron chi connectivity index (χ2n) is 5.15. The van der Waals surface area contributed by atoms with Crippen LogP contribution in [0.25, 0.3) is 0 Å². The van der Waals surface area contributed by atoms with Gasteiger partial charge in [-0.3, -0.25) is 4.79 Å². The summed E-state index contributed by atoms with van der Waals surface area (Å²) in [4.78, 5) is 14.1. The lowest BCUT2D eigenvalue weighted by atomic mass is 10.0. The van der Waals surface area contributed by atoms with Gasteiger partial charge in [-0.25, -0.2) is 4.68 Å². The van der Waals surface area contributed by atoms with Gasteiger partial charge in [0.1, 0.15) is 11.1 Å². The van der Waals surface area contributed by atoms with E-state index in [1.165, 1.54) is 11.8 Å². The second-order valence-corrected chi connectivity index (χ2v) is 6.26. The van der Waals surface area contributed by atoms with Gasteiger partial charge in [-0.1, -0.05) is 42.1 Å². The summed E-state index contributed by atoms with van der Waals surface area (Å²) in [5, 5.41) is 8.65. The SMILES string of the molecule is Cc1nnc2n1NC(c1ccccc1)C(C(=O)N(C)C)S2. The molecule has 1 aromatic heterocycles. The first kappa shape index (κ1) is 13.9. The van der Waals surface area contributed by atoms with Crippen molar-refractivity contribution in [2.45, 2.75) is 23.4 Å². The van der Waals surface area contributed by atoms with Crippen molar-refractivity contribution in [3.8, 4) is 0 Å². The van der Waals surface area contributed by atoms with E-state index >= 15 is 0 Å². The Labute approximate surface area is 127 Å². The maximum atomic E-state index is 12.5. The van der Waals surface area contributed by atoms with Gasteiger partial charge in [0.2, 0.25) is 11.1 Å². The number of amides is 1. The Morgan fingerprint density at radius 2 is 2.00 bits per heavy atom. The van der Waals surface area contributed by atoms with Crippen molar-refractivity contribution in [2.75, 3.05) is 19.5 Å². The first-order chi connectivity index (χ1) is 10.1. The molecule has 0 bridgehead atoms. The molecule has 0 fully saturated rings. The highest BCUT2D eigenvalue weighted by molar-refractivity contribution is 8.00. The molecule has 1 aromatic carbocycles. The molecule has 7 heteroatoms. The van der Waals surface area contributed by atoms with E-state index in [2.05, 4.69) is 15.6 Å². The summed E-state index contributed by atoms with van der Waals surface area (Å²) in [5.41, 5.74) is 4.44. The predicted octanol–water partition coefficient (Wildman–Crippen LogP) is 1.43. The van der Waals surface area contributed by atoms with E-state index < -0.39 is 0 Å². The molecule has 0 radical (unpaired) electrons. The summed E-state index contributed by atoms with van der Waals surface area (Å²) in [6.07, 6.45) is 0. The van der Waals surface area contributed by atoms with Crippen LogP contribution in [0.5, 0.6) is 0 Å². The molecular weight excluding hydrogens is 286 g/mol. The molecule has 3 rings (SSSR count). The van der Waals surface area contributed by atoms with Crippen LogP contribution in [0.3, 0.4) is 0 Å². The van der Waals surface area contributed by atoms with Crippen molar-refractivity contribution in [3.63, 3.8) is 0 Å². The third-order valence-corrected chi connectivity index (χ3v) is 4.64. The van der Waals surface area contributed by atoms with Crippen molar-refractivity contribution in [3.05, 3.63) is 41.7 Å². The monoisotopic (exact) mass is 303 g/mol. The normalized spacial score (nSPS) is 20.5. The Morgan fingerprint density at radius 3 is 2.67 bits per heavy atom. The minimum atomic E-state index is -0.265. The zero-order valence-corrected chi connectivity index (χ0v) is 13.0. The van der Waals surface area contributed by atoms with Crippen LogP contribution >= 0.6 is 11.8 Å². The van der Waals surface area contributed by atoms with Crippen molar-refractivity contribution in [1.29, 1.82) is 0 Å². The van der Waals surface area contributed by atoms with E-state index in [0.29, 0.717) is 0 Å². The number of aromatic nitrogens is 3. The molecule has 0 saturated heterocycles. The summed E-state index contributed by atoms with van der Waals surface area (Å²) in [7, 11) is 3.55. The molecule has 2 aromatic rings. The van der Waals surface area contributed by atoms with Crippen LogP contribution in [-0.2, 0) is 4.79 Å². The number of carbonyl (C=O) groups is 1. The molecule has 2 heterocycles. The number of hydrogen-bond donors (Lipinski definition) is 1. The van der Waals surface area contributed by atoms with E-state index in [4.69, 9.17) is 0 Å². The lowest BCUT2D eigenvalue weighted by Gasteiger charge is -2.33. The molecule has 0 spiro atoms. The molecule has 2 atom stereocenters. The third-order valence-electron chi connectivity index (χ3n) is 3.44. The first-order valence-corrected chi connectivity index (χ1v) is 7.57. The fraction of sp³-hybridized carbons (Fsp3) is 0.357. The van der Waals surface area contributed by atoms with Gasteiger partial charge in [-0.15, -0.1) is 10.2 Å². The second kappa shape index (κ2) is 5.40. The summed E-state index contributed by atoms with van der Waals surface area (Å²) < 4.78 is 1.85. The standard InChI is InChI=1S/C14H17N5OS/c1-9-15-16-14-19(9)17-11(10-7-5-4-6-8-10)12(21-14)13(20)18(2)3/h4-8,11-12,17H,1-3H3. The number of hydrogen-bond acceptors (Lipinski definition) is 5. The molecule has 21 heavy (non-hydrogen) atoms. The molecule has 1 N–H and O–H groups in total. The van der Waals surface area contributed by atoms with Crippen LogP contribution < -0.4 is 5.43 Å². The van der Waals surface area contributed by atoms with Crippen LogP contribution in [-0.4, -0.2) is 45.0 Å². The summed E-state index contributed by atoms with van der Waals surface area (Å²) >= 11 is 1.45. The van der Waals surface area contributed by atoms with Gasteiger partial charge in [0.25, 0.3) is 0 Å². The van der Waals surface area contributed by atoms with E-state index in [0.717, 1.165) is 16.5 Å².